The Morgan fingerprint density at radius 3 is 2.68 bits per heavy atom. The molecule has 132 valence electrons. The van der Waals surface area contributed by atoms with Gasteiger partial charge in [-0.15, -0.1) is 0 Å². The summed E-state index contributed by atoms with van der Waals surface area (Å²) in [5.74, 6) is 1.17. The van der Waals surface area contributed by atoms with Crippen LogP contribution in [0.25, 0.3) is 5.69 Å². The number of aromatic nitrogens is 4. The lowest BCUT2D eigenvalue weighted by Crippen LogP contribution is -2.16. The average Bonchev–Trinajstić information content (AvgIpc) is 3.23. The first-order valence-corrected chi connectivity index (χ1v) is 8.48. The molecule has 0 fully saturated rings. The van der Waals surface area contributed by atoms with E-state index in [2.05, 4.69) is 47.4 Å². The third-order valence-electron chi connectivity index (χ3n) is 4.25. The van der Waals surface area contributed by atoms with Crippen molar-refractivity contribution in [1.82, 2.24) is 24.6 Å². The molecule has 0 unspecified atom stereocenters. The third kappa shape index (κ3) is 3.58. The number of hydrogen-bond donors (Lipinski definition) is 1. The number of benzene rings is 1. The van der Waals surface area contributed by atoms with Crippen molar-refractivity contribution in [1.29, 1.82) is 0 Å². The second kappa shape index (κ2) is 7.53. The highest BCUT2D eigenvalue weighted by Gasteiger charge is 2.18. The largest absolute Gasteiger partial charge is 0.481 e. The van der Waals surface area contributed by atoms with E-state index in [1.54, 1.807) is 13.3 Å². The highest BCUT2D eigenvalue weighted by molar-refractivity contribution is 5.41. The third-order valence-corrected chi connectivity index (χ3v) is 4.25. The highest BCUT2D eigenvalue weighted by Crippen LogP contribution is 2.27. The molecule has 0 saturated carbocycles. The molecule has 0 aliphatic carbocycles. The van der Waals surface area contributed by atoms with Crippen molar-refractivity contribution >= 4 is 0 Å². The minimum Gasteiger partial charge on any atom is -0.481 e. The summed E-state index contributed by atoms with van der Waals surface area (Å²) in [7, 11) is 3.61. The van der Waals surface area contributed by atoms with Crippen molar-refractivity contribution in [3.05, 3.63) is 59.8 Å². The molecular formula is C19H25N5O. The lowest BCUT2D eigenvalue weighted by molar-refractivity contribution is 0.368. The molecule has 0 aliphatic rings. The Morgan fingerprint density at radius 1 is 1.20 bits per heavy atom. The van der Waals surface area contributed by atoms with Gasteiger partial charge in [0.25, 0.3) is 0 Å². The van der Waals surface area contributed by atoms with Crippen LogP contribution in [0.3, 0.4) is 0 Å². The van der Waals surface area contributed by atoms with Crippen LogP contribution in [0.2, 0.25) is 0 Å². The summed E-state index contributed by atoms with van der Waals surface area (Å²) in [6.45, 7) is 5.77. The van der Waals surface area contributed by atoms with Gasteiger partial charge >= 0.3 is 0 Å². The monoisotopic (exact) mass is 339 g/mol. The van der Waals surface area contributed by atoms with Gasteiger partial charge in [-0.05, 0) is 17.5 Å². The Morgan fingerprint density at radius 2 is 2.00 bits per heavy atom. The molecule has 2 aromatic heterocycles. The molecule has 6 nitrogen and oxygen atoms in total. The van der Waals surface area contributed by atoms with E-state index in [0.717, 1.165) is 29.4 Å². The zero-order valence-electron chi connectivity index (χ0n) is 15.2. The number of hydrogen-bond acceptors (Lipinski definition) is 4. The second-order valence-corrected chi connectivity index (χ2v) is 6.35. The van der Waals surface area contributed by atoms with Crippen LogP contribution in [0.15, 0.2) is 43.0 Å². The summed E-state index contributed by atoms with van der Waals surface area (Å²) in [5.41, 5.74) is 4.55. The zero-order valence-corrected chi connectivity index (χ0v) is 15.2. The molecule has 1 N–H and O–H groups in total. The van der Waals surface area contributed by atoms with Gasteiger partial charge in [-0.2, -0.15) is 5.10 Å². The lowest BCUT2D eigenvalue weighted by Gasteiger charge is -2.12. The van der Waals surface area contributed by atoms with Crippen LogP contribution in [0.5, 0.6) is 5.88 Å². The first kappa shape index (κ1) is 17.2. The van der Waals surface area contributed by atoms with Crippen LogP contribution < -0.4 is 10.1 Å². The maximum atomic E-state index is 5.54. The van der Waals surface area contributed by atoms with Crippen molar-refractivity contribution in [2.45, 2.75) is 32.9 Å². The molecule has 25 heavy (non-hydrogen) atoms. The summed E-state index contributed by atoms with van der Waals surface area (Å²) in [6, 6.07) is 8.33. The van der Waals surface area contributed by atoms with Crippen LogP contribution in [0.4, 0.5) is 0 Å². The molecule has 3 aromatic rings. The highest BCUT2D eigenvalue weighted by atomic mass is 16.5. The van der Waals surface area contributed by atoms with Crippen molar-refractivity contribution in [2.24, 2.45) is 7.05 Å². The fourth-order valence-corrected chi connectivity index (χ4v) is 3.09. The number of imidazole rings is 1. The van der Waals surface area contributed by atoms with Crippen LogP contribution in [-0.2, 0) is 20.1 Å². The van der Waals surface area contributed by atoms with E-state index in [1.807, 2.05) is 34.9 Å². The molecule has 0 amide bonds. The minimum atomic E-state index is 0.352. The Kier molecular flexibility index (Phi) is 5.19. The first-order valence-electron chi connectivity index (χ1n) is 8.48. The SMILES string of the molecule is COc1c(CNCc2ccccc2-n2ccnc2)c(C(C)C)nn1C. The van der Waals surface area contributed by atoms with Gasteiger partial charge < -0.3 is 14.6 Å². The van der Waals surface area contributed by atoms with Crippen molar-refractivity contribution in [2.75, 3.05) is 7.11 Å². The first-order chi connectivity index (χ1) is 12.1. The Bertz CT molecular complexity index is 820. The summed E-state index contributed by atoms with van der Waals surface area (Å²) in [4.78, 5) is 4.14. The van der Waals surface area contributed by atoms with Crippen LogP contribution in [0, 0.1) is 0 Å². The molecular weight excluding hydrogens is 314 g/mol. The lowest BCUT2D eigenvalue weighted by atomic mass is 10.1. The predicted octanol–water partition coefficient (Wildman–Crippen LogP) is 3.03. The van der Waals surface area contributed by atoms with E-state index in [0.29, 0.717) is 12.5 Å². The number of aryl methyl sites for hydroxylation is 1. The van der Waals surface area contributed by atoms with E-state index in [9.17, 15) is 0 Å². The van der Waals surface area contributed by atoms with Gasteiger partial charge in [0.2, 0.25) is 5.88 Å². The van der Waals surface area contributed by atoms with E-state index in [1.165, 1.54) is 5.56 Å². The van der Waals surface area contributed by atoms with Crippen LogP contribution >= 0.6 is 0 Å². The molecule has 3 rings (SSSR count). The molecule has 0 aliphatic heterocycles. The zero-order chi connectivity index (χ0) is 17.8. The summed E-state index contributed by atoms with van der Waals surface area (Å²) < 4.78 is 9.38. The van der Waals surface area contributed by atoms with Crippen LogP contribution in [0.1, 0.15) is 36.6 Å². The molecule has 2 heterocycles. The normalized spacial score (nSPS) is 11.2. The fourth-order valence-electron chi connectivity index (χ4n) is 3.09. The predicted molar refractivity (Wildman–Crippen MR) is 98.0 cm³/mol. The number of nitrogens with one attached hydrogen (secondary N) is 1. The maximum Gasteiger partial charge on any atom is 0.216 e. The molecule has 0 bridgehead atoms. The van der Waals surface area contributed by atoms with E-state index in [4.69, 9.17) is 4.74 Å². The number of para-hydroxylation sites is 1. The summed E-state index contributed by atoms with van der Waals surface area (Å²) in [6.07, 6.45) is 5.57. The van der Waals surface area contributed by atoms with Crippen molar-refractivity contribution in [3.8, 4) is 11.6 Å². The molecule has 0 radical (unpaired) electrons. The van der Waals surface area contributed by atoms with Crippen molar-refractivity contribution < 1.29 is 4.74 Å². The quantitative estimate of drug-likeness (QED) is 0.719. The van der Waals surface area contributed by atoms with Crippen molar-refractivity contribution in [3.63, 3.8) is 0 Å². The molecule has 1 aromatic carbocycles. The van der Waals surface area contributed by atoms with Crippen LogP contribution in [-0.4, -0.2) is 26.4 Å². The van der Waals surface area contributed by atoms with E-state index < -0.39 is 0 Å². The maximum absolute atomic E-state index is 5.54. The molecule has 6 heteroatoms. The van der Waals surface area contributed by atoms with E-state index >= 15 is 0 Å². The molecule has 0 spiro atoms. The Balaban J connectivity index is 1.77. The fraction of sp³-hybridized carbons (Fsp3) is 0.368. The number of ether oxygens (including phenoxy) is 1. The Hall–Kier alpha value is -2.60. The molecule has 0 atom stereocenters. The van der Waals surface area contributed by atoms with Gasteiger partial charge in [0.15, 0.2) is 0 Å². The van der Waals surface area contributed by atoms with E-state index in [-0.39, 0.29) is 0 Å². The van der Waals surface area contributed by atoms with Gasteiger partial charge in [-0.25, -0.2) is 9.67 Å². The topological polar surface area (TPSA) is 56.9 Å². The second-order valence-electron chi connectivity index (χ2n) is 6.35. The average molecular weight is 339 g/mol. The minimum absolute atomic E-state index is 0.352. The number of methoxy groups -OCH3 is 1. The van der Waals surface area contributed by atoms with Gasteiger partial charge in [-0.1, -0.05) is 32.0 Å². The Labute approximate surface area is 148 Å². The van der Waals surface area contributed by atoms with Gasteiger partial charge in [0.1, 0.15) is 0 Å². The molecule has 0 saturated heterocycles. The van der Waals surface area contributed by atoms with Gasteiger partial charge in [0.05, 0.1) is 30.4 Å². The smallest absolute Gasteiger partial charge is 0.216 e. The number of nitrogens with zero attached hydrogens (tertiary/aromatic N) is 4. The summed E-state index contributed by atoms with van der Waals surface area (Å²) in [5, 5.41) is 8.14. The number of rotatable bonds is 7. The standard InChI is InChI=1S/C19H25N5O/c1-14(2)18-16(19(25-4)23(3)22-18)12-21-11-15-7-5-6-8-17(15)24-10-9-20-13-24/h5-10,13-14,21H,11-12H2,1-4H3. The van der Waals surface area contributed by atoms with Gasteiger partial charge in [0, 0.05) is 32.5 Å². The van der Waals surface area contributed by atoms with Gasteiger partial charge in [-0.3, -0.25) is 0 Å². The summed E-state index contributed by atoms with van der Waals surface area (Å²) >= 11 is 0.